The predicted octanol–water partition coefficient (Wildman–Crippen LogP) is 3.05. The third-order valence-corrected chi connectivity index (χ3v) is 3.35. The Bertz CT molecular complexity index is 815. The molecule has 0 aliphatic carbocycles. The molecule has 0 saturated carbocycles. The Labute approximate surface area is 139 Å². The van der Waals surface area contributed by atoms with Gasteiger partial charge >= 0.3 is 0 Å². The molecule has 0 spiro atoms. The molecule has 2 N–H and O–H groups in total. The second-order valence-corrected chi connectivity index (χ2v) is 5.13. The fraction of sp³-hybridized carbons (Fsp3) is 0.167. The van der Waals surface area contributed by atoms with Gasteiger partial charge in [0, 0.05) is 5.56 Å². The summed E-state index contributed by atoms with van der Waals surface area (Å²) in [5.41, 5.74) is 1.55. The highest BCUT2D eigenvalue weighted by molar-refractivity contribution is 5.93. The molecule has 0 saturated heterocycles. The second kappa shape index (κ2) is 7.41. The van der Waals surface area contributed by atoms with Crippen LogP contribution in [0, 0.1) is 0 Å². The second-order valence-electron chi connectivity index (χ2n) is 5.13. The van der Waals surface area contributed by atoms with Crippen LogP contribution in [0.4, 0.5) is 5.69 Å². The number of rotatable bonds is 6. The van der Waals surface area contributed by atoms with Crippen molar-refractivity contribution < 1.29 is 9.53 Å². The highest BCUT2D eigenvalue weighted by atomic mass is 16.5. The molecular weight excluding hydrogens is 304 g/mol. The Hall–Kier alpha value is -3.15. The molecule has 0 aliphatic heterocycles. The summed E-state index contributed by atoms with van der Waals surface area (Å²) in [6.07, 6.45) is 0.111. The number of carbonyl (C=O) groups excluding carboxylic acids is 1. The van der Waals surface area contributed by atoms with Crippen molar-refractivity contribution in [2.45, 2.75) is 13.3 Å². The minimum Gasteiger partial charge on any atom is -0.492 e. The van der Waals surface area contributed by atoms with Gasteiger partial charge in [-0.3, -0.25) is 9.89 Å². The largest absolute Gasteiger partial charge is 0.492 e. The first-order valence-corrected chi connectivity index (χ1v) is 7.74. The summed E-state index contributed by atoms with van der Waals surface area (Å²) in [4.78, 5) is 16.6. The van der Waals surface area contributed by atoms with E-state index in [9.17, 15) is 4.79 Å². The Morgan fingerprint density at radius 1 is 1.12 bits per heavy atom. The average molecular weight is 322 g/mol. The number of hydrogen-bond donors (Lipinski definition) is 2. The molecule has 0 fully saturated rings. The summed E-state index contributed by atoms with van der Waals surface area (Å²) in [6, 6.07) is 16.9. The Balaban J connectivity index is 1.67. The van der Waals surface area contributed by atoms with Crippen LogP contribution in [-0.4, -0.2) is 27.7 Å². The maximum Gasteiger partial charge on any atom is 0.232 e. The fourth-order valence-corrected chi connectivity index (χ4v) is 2.29. The Kier molecular flexibility index (Phi) is 4.86. The average Bonchev–Trinajstić information content (AvgIpc) is 3.06. The summed E-state index contributed by atoms with van der Waals surface area (Å²) in [6.45, 7) is 2.44. The summed E-state index contributed by atoms with van der Waals surface area (Å²) in [7, 11) is 0. The first-order valence-electron chi connectivity index (χ1n) is 7.74. The number of aromatic nitrogens is 3. The Morgan fingerprint density at radius 2 is 1.88 bits per heavy atom. The van der Waals surface area contributed by atoms with E-state index in [-0.39, 0.29) is 12.3 Å². The molecule has 1 aromatic heterocycles. The molecule has 1 heterocycles. The number of benzene rings is 2. The van der Waals surface area contributed by atoms with Gasteiger partial charge in [-0.05, 0) is 19.1 Å². The van der Waals surface area contributed by atoms with Crippen LogP contribution < -0.4 is 10.1 Å². The van der Waals surface area contributed by atoms with E-state index in [0.29, 0.717) is 29.7 Å². The monoisotopic (exact) mass is 322 g/mol. The number of hydrogen-bond acceptors (Lipinski definition) is 4. The van der Waals surface area contributed by atoms with Crippen LogP contribution >= 0.6 is 0 Å². The molecule has 3 rings (SSSR count). The normalized spacial score (nSPS) is 10.4. The number of H-pyrrole nitrogens is 1. The molecule has 6 heteroatoms. The van der Waals surface area contributed by atoms with E-state index in [1.807, 2.05) is 55.5 Å². The molecule has 6 nitrogen and oxygen atoms in total. The van der Waals surface area contributed by atoms with Gasteiger partial charge in [-0.1, -0.05) is 42.5 Å². The molecule has 0 atom stereocenters. The van der Waals surface area contributed by atoms with Crippen LogP contribution in [-0.2, 0) is 11.2 Å². The molecule has 0 radical (unpaired) electrons. The first-order chi connectivity index (χ1) is 11.8. The van der Waals surface area contributed by atoms with Crippen molar-refractivity contribution in [3.8, 4) is 17.1 Å². The van der Waals surface area contributed by atoms with Crippen molar-refractivity contribution in [2.75, 3.05) is 11.9 Å². The number of anilines is 1. The number of para-hydroxylation sites is 2. The van der Waals surface area contributed by atoms with Crippen molar-refractivity contribution in [3.05, 3.63) is 60.4 Å². The predicted molar refractivity (Wildman–Crippen MR) is 91.8 cm³/mol. The lowest BCUT2D eigenvalue weighted by Crippen LogP contribution is -2.16. The van der Waals surface area contributed by atoms with Crippen LogP contribution in [0.5, 0.6) is 5.75 Å². The molecule has 0 unspecified atom stereocenters. The van der Waals surface area contributed by atoms with Gasteiger partial charge in [-0.2, -0.15) is 5.10 Å². The number of ether oxygens (including phenoxy) is 1. The summed E-state index contributed by atoms with van der Waals surface area (Å²) >= 11 is 0. The number of nitrogens with zero attached hydrogens (tertiary/aromatic N) is 2. The van der Waals surface area contributed by atoms with Crippen molar-refractivity contribution in [1.82, 2.24) is 15.2 Å². The Morgan fingerprint density at radius 3 is 2.67 bits per heavy atom. The zero-order chi connectivity index (χ0) is 16.8. The van der Waals surface area contributed by atoms with Crippen molar-refractivity contribution >= 4 is 11.6 Å². The summed E-state index contributed by atoms with van der Waals surface area (Å²) in [5.74, 6) is 1.56. The van der Waals surface area contributed by atoms with Crippen LogP contribution in [0.2, 0.25) is 0 Å². The smallest absolute Gasteiger partial charge is 0.232 e. The summed E-state index contributed by atoms with van der Waals surface area (Å²) < 4.78 is 5.50. The van der Waals surface area contributed by atoms with E-state index in [0.717, 1.165) is 5.56 Å². The van der Waals surface area contributed by atoms with Crippen LogP contribution in [0.1, 0.15) is 12.7 Å². The minimum atomic E-state index is -0.182. The van der Waals surface area contributed by atoms with E-state index >= 15 is 0 Å². The van der Waals surface area contributed by atoms with E-state index in [2.05, 4.69) is 20.5 Å². The highest BCUT2D eigenvalue weighted by Crippen LogP contribution is 2.23. The van der Waals surface area contributed by atoms with Crippen molar-refractivity contribution in [1.29, 1.82) is 0 Å². The molecule has 0 bridgehead atoms. The van der Waals surface area contributed by atoms with Crippen LogP contribution in [0.3, 0.4) is 0 Å². The number of nitrogens with one attached hydrogen (secondary N) is 2. The third-order valence-electron chi connectivity index (χ3n) is 3.35. The van der Waals surface area contributed by atoms with Gasteiger partial charge in [0.2, 0.25) is 5.91 Å². The number of amides is 1. The van der Waals surface area contributed by atoms with E-state index in [1.165, 1.54) is 0 Å². The topological polar surface area (TPSA) is 79.9 Å². The van der Waals surface area contributed by atoms with E-state index < -0.39 is 0 Å². The SMILES string of the molecule is CCOc1ccccc1NC(=O)Cc1nc(-c2ccccc2)n[nH]1. The van der Waals surface area contributed by atoms with Crippen LogP contribution in [0.25, 0.3) is 11.4 Å². The number of aromatic amines is 1. The molecule has 2 aromatic carbocycles. The van der Waals surface area contributed by atoms with Gasteiger partial charge < -0.3 is 10.1 Å². The van der Waals surface area contributed by atoms with Gasteiger partial charge in [-0.25, -0.2) is 4.98 Å². The standard InChI is InChI=1S/C18H18N4O2/c1-2-24-15-11-7-6-10-14(15)19-17(23)12-16-20-18(22-21-16)13-8-4-3-5-9-13/h3-11H,2,12H2,1H3,(H,19,23)(H,20,21,22). The lowest BCUT2D eigenvalue weighted by atomic mass is 10.2. The van der Waals surface area contributed by atoms with Gasteiger partial charge in [0.15, 0.2) is 5.82 Å². The van der Waals surface area contributed by atoms with Crippen LogP contribution in [0.15, 0.2) is 54.6 Å². The molecular formula is C18H18N4O2. The minimum absolute atomic E-state index is 0.111. The maximum absolute atomic E-state index is 12.2. The lowest BCUT2D eigenvalue weighted by Gasteiger charge is -2.10. The lowest BCUT2D eigenvalue weighted by molar-refractivity contribution is -0.115. The van der Waals surface area contributed by atoms with Crippen molar-refractivity contribution in [3.63, 3.8) is 0 Å². The molecule has 24 heavy (non-hydrogen) atoms. The quantitative estimate of drug-likeness (QED) is 0.731. The molecule has 0 aliphatic rings. The molecule has 3 aromatic rings. The van der Waals surface area contributed by atoms with E-state index in [4.69, 9.17) is 4.74 Å². The van der Waals surface area contributed by atoms with E-state index in [1.54, 1.807) is 6.07 Å². The van der Waals surface area contributed by atoms with Gasteiger partial charge in [-0.15, -0.1) is 0 Å². The number of carbonyl (C=O) groups is 1. The molecule has 122 valence electrons. The zero-order valence-electron chi connectivity index (χ0n) is 13.3. The van der Waals surface area contributed by atoms with Gasteiger partial charge in [0.05, 0.1) is 18.7 Å². The summed E-state index contributed by atoms with van der Waals surface area (Å²) in [5, 5.41) is 9.80. The third kappa shape index (κ3) is 3.78. The van der Waals surface area contributed by atoms with Crippen molar-refractivity contribution in [2.24, 2.45) is 0 Å². The highest BCUT2D eigenvalue weighted by Gasteiger charge is 2.12. The zero-order valence-corrected chi connectivity index (χ0v) is 13.3. The first kappa shape index (κ1) is 15.7. The fourth-order valence-electron chi connectivity index (χ4n) is 2.29. The van der Waals surface area contributed by atoms with Gasteiger partial charge in [0.1, 0.15) is 11.6 Å². The van der Waals surface area contributed by atoms with Gasteiger partial charge in [0.25, 0.3) is 0 Å². The molecule has 1 amide bonds. The maximum atomic E-state index is 12.2.